The van der Waals surface area contributed by atoms with Crippen LogP contribution in [0.2, 0.25) is 0 Å². The van der Waals surface area contributed by atoms with E-state index in [9.17, 15) is 0 Å². The molecule has 0 aliphatic carbocycles. The van der Waals surface area contributed by atoms with Crippen LogP contribution in [0.5, 0.6) is 0 Å². The van der Waals surface area contributed by atoms with Crippen LogP contribution in [0.3, 0.4) is 0 Å². The SMILES string of the molecule is C=CCNCCC(C)SC. The highest BCUT2D eigenvalue weighted by Crippen LogP contribution is 2.07. The number of nitrogens with one attached hydrogen (secondary N) is 1. The van der Waals surface area contributed by atoms with Crippen LogP contribution in [0.1, 0.15) is 13.3 Å². The van der Waals surface area contributed by atoms with E-state index in [2.05, 4.69) is 25.1 Å². The summed E-state index contributed by atoms with van der Waals surface area (Å²) in [5.74, 6) is 0. The maximum atomic E-state index is 3.63. The van der Waals surface area contributed by atoms with E-state index in [-0.39, 0.29) is 0 Å². The van der Waals surface area contributed by atoms with Gasteiger partial charge in [-0.1, -0.05) is 13.0 Å². The van der Waals surface area contributed by atoms with Crippen molar-refractivity contribution in [3.8, 4) is 0 Å². The fourth-order valence-electron chi connectivity index (χ4n) is 0.627. The van der Waals surface area contributed by atoms with E-state index in [0.717, 1.165) is 18.3 Å². The molecule has 10 heavy (non-hydrogen) atoms. The van der Waals surface area contributed by atoms with Crippen molar-refractivity contribution in [3.63, 3.8) is 0 Å². The van der Waals surface area contributed by atoms with Gasteiger partial charge in [0.05, 0.1) is 0 Å². The molecule has 0 fully saturated rings. The average molecular weight is 159 g/mol. The summed E-state index contributed by atoms with van der Waals surface area (Å²) in [6.07, 6.45) is 5.29. The van der Waals surface area contributed by atoms with Crippen LogP contribution in [0.25, 0.3) is 0 Å². The molecule has 0 aliphatic rings. The zero-order valence-corrected chi connectivity index (χ0v) is 7.71. The second-order valence-corrected chi connectivity index (χ2v) is 3.60. The molecule has 1 N–H and O–H groups in total. The van der Waals surface area contributed by atoms with Crippen molar-refractivity contribution >= 4 is 11.8 Å². The Morgan fingerprint density at radius 2 is 2.40 bits per heavy atom. The Kier molecular flexibility index (Phi) is 7.20. The summed E-state index contributed by atoms with van der Waals surface area (Å²) >= 11 is 1.92. The lowest BCUT2D eigenvalue weighted by atomic mass is 10.3. The monoisotopic (exact) mass is 159 g/mol. The summed E-state index contributed by atoms with van der Waals surface area (Å²) in [5, 5.41) is 4.04. The quantitative estimate of drug-likeness (QED) is 0.469. The van der Waals surface area contributed by atoms with Gasteiger partial charge in [-0.05, 0) is 19.2 Å². The lowest BCUT2D eigenvalue weighted by Gasteiger charge is -2.06. The van der Waals surface area contributed by atoms with Crippen LogP contribution < -0.4 is 5.32 Å². The number of hydrogen-bond acceptors (Lipinski definition) is 2. The van der Waals surface area contributed by atoms with Crippen LogP contribution in [-0.2, 0) is 0 Å². The van der Waals surface area contributed by atoms with Gasteiger partial charge in [-0.25, -0.2) is 0 Å². The normalized spacial score (nSPS) is 13.0. The lowest BCUT2D eigenvalue weighted by Crippen LogP contribution is -2.17. The predicted octanol–water partition coefficient (Wildman–Crippen LogP) is 1.90. The van der Waals surface area contributed by atoms with Crippen LogP contribution in [0.15, 0.2) is 12.7 Å². The Hall–Kier alpha value is 0.0500. The molecule has 2 heteroatoms. The van der Waals surface area contributed by atoms with Crippen molar-refractivity contribution in [1.82, 2.24) is 5.32 Å². The molecule has 0 saturated heterocycles. The summed E-state index contributed by atoms with van der Waals surface area (Å²) in [4.78, 5) is 0. The third kappa shape index (κ3) is 6.17. The molecule has 1 atom stereocenters. The van der Waals surface area contributed by atoms with Gasteiger partial charge in [0.25, 0.3) is 0 Å². The van der Waals surface area contributed by atoms with E-state index < -0.39 is 0 Å². The fourth-order valence-corrected chi connectivity index (χ4v) is 0.981. The molecular formula is C8H17NS. The van der Waals surface area contributed by atoms with Gasteiger partial charge in [0, 0.05) is 11.8 Å². The average Bonchev–Trinajstić information content (AvgIpc) is 1.98. The Morgan fingerprint density at radius 3 is 2.90 bits per heavy atom. The van der Waals surface area contributed by atoms with Crippen LogP contribution >= 0.6 is 11.8 Å². The van der Waals surface area contributed by atoms with Gasteiger partial charge in [-0.3, -0.25) is 0 Å². The highest BCUT2D eigenvalue weighted by molar-refractivity contribution is 7.99. The molecule has 0 heterocycles. The number of hydrogen-bond donors (Lipinski definition) is 1. The minimum Gasteiger partial charge on any atom is -0.313 e. The predicted molar refractivity (Wildman–Crippen MR) is 50.7 cm³/mol. The van der Waals surface area contributed by atoms with E-state index in [1.807, 2.05) is 17.8 Å². The smallest absolute Gasteiger partial charge is 0.0132 e. The number of thioether (sulfide) groups is 1. The van der Waals surface area contributed by atoms with Crippen LogP contribution in [-0.4, -0.2) is 24.6 Å². The second kappa shape index (κ2) is 7.16. The van der Waals surface area contributed by atoms with Gasteiger partial charge in [0.15, 0.2) is 0 Å². The third-order valence-electron chi connectivity index (χ3n) is 1.42. The van der Waals surface area contributed by atoms with Crippen LogP contribution in [0.4, 0.5) is 0 Å². The zero-order chi connectivity index (χ0) is 7.82. The lowest BCUT2D eigenvalue weighted by molar-refractivity contribution is 0.690. The zero-order valence-electron chi connectivity index (χ0n) is 6.89. The molecule has 0 rings (SSSR count). The van der Waals surface area contributed by atoms with Gasteiger partial charge in [-0.2, -0.15) is 11.8 Å². The Balaban J connectivity index is 2.95. The minimum absolute atomic E-state index is 0.775. The summed E-state index contributed by atoms with van der Waals surface area (Å²) in [6.45, 7) is 7.92. The summed E-state index contributed by atoms with van der Waals surface area (Å²) in [5.41, 5.74) is 0. The van der Waals surface area contributed by atoms with Gasteiger partial charge in [0.1, 0.15) is 0 Å². The van der Waals surface area contributed by atoms with Gasteiger partial charge >= 0.3 is 0 Å². The summed E-state index contributed by atoms with van der Waals surface area (Å²) < 4.78 is 0. The molecule has 0 aromatic carbocycles. The van der Waals surface area contributed by atoms with E-state index >= 15 is 0 Å². The summed E-state index contributed by atoms with van der Waals surface area (Å²) in [7, 11) is 0. The largest absolute Gasteiger partial charge is 0.313 e. The maximum absolute atomic E-state index is 3.63. The first-order valence-corrected chi connectivity index (χ1v) is 4.94. The van der Waals surface area contributed by atoms with Crippen molar-refractivity contribution in [3.05, 3.63) is 12.7 Å². The first kappa shape index (κ1) is 10.0. The molecule has 0 aliphatic heterocycles. The second-order valence-electron chi connectivity index (χ2n) is 2.33. The molecule has 0 bridgehead atoms. The van der Waals surface area contributed by atoms with E-state index in [4.69, 9.17) is 0 Å². The molecule has 1 unspecified atom stereocenters. The maximum Gasteiger partial charge on any atom is 0.0132 e. The van der Waals surface area contributed by atoms with Crippen LogP contribution in [0, 0.1) is 0 Å². The highest BCUT2D eigenvalue weighted by Gasteiger charge is 1.95. The molecule has 0 aromatic rings. The van der Waals surface area contributed by atoms with Gasteiger partial charge < -0.3 is 5.32 Å². The molecule has 0 saturated carbocycles. The van der Waals surface area contributed by atoms with Crippen molar-refractivity contribution < 1.29 is 0 Å². The van der Waals surface area contributed by atoms with Crippen molar-refractivity contribution in [1.29, 1.82) is 0 Å². The minimum atomic E-state index is 0.775. The topological polar surface area (TPSA) is 12.0 Å². The van der Waals surface area contributed by atoms with E-state index in [1.165, 1.54) is 6.42 Å². The van der Waals surface area contributed by atoms with E-state index in [1.54, 1.807) is 0 Å². The molecule has 0 aromatic heterocycles. The molecule has 60 valence electrons. The molecule has 1 nitrogen and oxygen atoms in total. The fraction of sp³-hybridized carbons (Fsp3) is 0.750. The Morgan fingerprint density at radius 1 is 1.70 bits per heavy atom. The van der Waals surface area contributed by atoms with Crippen molar-refractivity contribution in [2.24, 2.45) is 0 Å². The van der Waals surface area contributed by atoms with Crippen molar-refractivity contribution in [2.45, 2.75) is 18.6 Å². The molecule has 0 spiro atoms. The van der Waals surface area contributed by atoms with Crippen molar-refractivity contribution in [2.75, 3.05) is 19.3 Å². The standard InChI is InChI=1S/C8H17NS/c1-4-6-9-7-5-8(2)10-3/h4,8-9H,1,5-7H2,2-3H3. The van der Waals surface area contributed by atoms with Gasteiger partial charge in [-0.15, -0.1) is 6.58 Å². The molecule has 0 amide bonds. The Bertz CT molecular complexity index is 83.3. The summed E-state index contributed by atoms with van der Waals surface area (Å²) in [6, 6.07) is 0. The first-order chi connectivity index (χ1) is 4.81. The first-order valence-electron chi connectivity index (χ1n) is 3.65. The highest BCUT2D eigenvalue weighted by atomic mass is 32.2. The molecular weight excluding hydrogens is 142 g/mol. The number of rotatable bonds is 6. The molecule has 0 radical (unpaired) electrons. The van der Waals surface area contributed by atoms with Gasteiger partial charge in [0.2, 0.25) is 0 Å². The Labute approximate surface area is 68.3 Å². The van der Waals surface area contributed by atoms with E-state index in [0.29, 0.717) is 0 Å². The third-order valence-corrected chi connectivity index (χ3v) is 2.46.